The lowest BCUT2D eigenvalue weighted by molar-refractivity contribution is -0.115. The fourth-order valence-electron chi connectivity index (χ4n) is 4.83. The molecule has 0 aliphatic heterocycles. The molecule has 0 atom stereocenters. The van der Waals surface area contributed by atoms with Crippen molar-refractivity contribution in [3.63, 3.8) is 0 Å². The normalized spacial score (nSPS) is 11.6. The van der Waals surface area contributed by atoms with E-state index in [4.69, 9.17) is 26.4 Å². The lowest BCUT2D eigenvalue weighted by Gasteiger charge is -2.15. The van der Waals surface area contributed by atoms with Gasteiger partial charge in [0.05, 0.1) is 17.6 Å². The summed E-state index contributed by atoms with van der Waals surface area (Å²) in [6.45, 7) is 3.78. The Kier molecular flexibility index (Phi) is 10.6. The molecule has 4 aromatic rings. The van der Waals surface area contributed by atoms with Crippen LogP contribution in [-0.4, -0.2) is 55.1 Å². The van der Waals surface area contributed by atoms with Crippen molar-refractivity contribution in [2.75, 3.05) is 25.5 Å². The number of nitrogens with zero attached hydrogens (tertiary/aromatic N) is 3. The van der Waals surface area contributed by atoms with Crippen molar-refractivity contribution >= 4 is 41.5 Å². The molecule has 0 radical (unpaired) electrons. The summed E-state index contributed by atoms with van der Waals surface area (Å²) >= 11 is 0. The molecule has 2 aromatic carbocycles. The zero-order valence-electron chi connectivity index (χ0n) is 24.0. The molecule has 0 fully saturated rings. The number of phenolic OH excluding ortho intramolecular Hbond substituents is 1. The fourth-order valence-corrected chi connectivity index (χ4v) is 5.23. The molecule has 0 spiro atoms. The molecule has 0 aliphatic rings. The number of nitrogens with one attached hydrogen (secondary N) is 1. The van der Waals surface area contributed by atoms with Crippen LogP contribution in [0, 0.1) is 12.3 Å². The largest absolute Gasteiger partial charge is 0.524 e. The summed E-state index contributed by atoms with van der Waals surface area (Å²) in [5, 5.41) is 14.3. The number of hydrogen-bond donors (Lipinski definition) is 5. The number of amides is 1. The van der Waals surface area contributed by atoms with Crippen molar-refractivity contribution in [2.45, 2.75) is 52.0 Å². The second kappa shape index (κ2) is 14.4. The Balaban J connectivity index is 1.61. The van der Waals surface area contributed by atoms with E-state index in [1.165, 1.54) is 6.07 Å². The third-order valence-electron chi connectivity index (χ3n) is 6.86. The van der Waals surface area contributed by atoms with Crippen molar-refractivity contribution in [1.29, 1.82) is 0 Å². The van der Waals surface area contributed by atoms with E-state index in [0.29, 0.717) is 55.0 Å². The zero-order valence-corrected chi connectivity index (χ0v) is 24.8. The summed E-state index contributed by atoms with van der Waals surface area (Å²) < 4.78 is 23.8. The number of nitrogens with two attached hydrogens (primary N) is 1. The number of unbranched alkanes of at least 4 members (excludes halogenated alkanes) is 1. The molecule has 13 heteroatoms. The Morgan fingerprint density at radius 3 is 2.67 bits per heavy atom. The van der Waals surface area contributed by atoms with Gasteiger partial charge in [-0.15, -0.1) is 6.42 Å². The summed E-state index contributed by atoms with van der Waals surface area (Å²) in [4.78, 5) is 39.1. The number of ether oxygens (including phenoxy) is 1. The number of terminal acetylenes is 1. The fraction of sp³-hybridized carbons (Fsp3) is 0.367. The molecule has 2 heterocycles. The standard InChI is InChI=1S/C30H36N5O7P/c1-3-5-12-25-34-27-28(35(25)19-21-10-6-11-24(29(21)37)42-43(38,39)40)22-18-20(13-14-23(22)33-30(27)31)9-7-16-41-17-8-15-32-26(36)4-2/h2,6,10-11,13-14,18,37H,3,5,7-9,12,15-17,19H2,1H3,(H2,31,33)(H,32,36)(H2,38,39,40). The second-order valence-electron chi connectivity index (χ2n) is 10.1. The predicted octanol–water partition coefficient (Wildman–Crippen LogP) is 3.82. The van der Waals surface area contributed by atoms with Crippen LogP contribution in [0.1, 0.15) is 49.6 Å². The van der Waals surface area contributed by atoms with Gasteiger partial charge in [-0.05, 0) is 55.4 Å². The first-order valence-electron chi connectivity index (χ1n) is 14.1. The Labute approximate surface area is 249 Å². The highest BCUT2D eigenvalue weighted by Gasteiger charge is 2.22. The summed E-state index contributed by atoms with van der Waals surface area (Å²) in [5.41, 5.74) is 9.86. The highest BCUT2D eigenvalue weighted by atomic mass is 31.2. The van der Waals surface area contributed by atoms with Crippen LogP contribution < -0.4 is 15.6 Å². The van der Waals surface area contributed by atoms with Gasteiger partial charge in [-0.2, -0.15) is 0 Å². The molecule has 0 bridgehead atoms. The van der Waals surface area contributed by atoms with Gasteiger partial charge in [-0.3, -0.25) is 14.6 Å². The van der Waals surface area contributed by atoms with E-state index in [1.54, 1.807) is 12.1 Å². The molecule has 0 aliphatic carbocycles. The summed E-state index contributed by atoms with van der Waals surface area (Å²) in [7, 11) is -4.87. The van der Waals surface area contributed by atoms with Crippen LogP contribution in [0.25, 0.3) is 21.9 Å². The van der Waals surface area contributed by atoms with Gasteiger partial charge in [0.25, 0.3) is 5.91 Å². The molecular weight excluding hydrogens is 573 g/mol. The van der Waals surface area contributed by atoms with Crippen molar-refractivity contribution in [3.8, 4) is 23.8 Å². The number of carbonyl (C=O) groups is 1. The number of pyridine rings is 1. The number of nitrogen functional groups attached to an aromatic ring is 1. The third-order valence-corrected chi connectivity index (χ3v) is 7.30. The average Bonchev–Trinajstić information content (AvgIpc) is 3.33. The van der Waals surface area contributed by atoms with Crippen LogP contribution in [0.5, 0.6) is 11.5 Å². The van der Waals surface area contributed by atoms with Crippen LogP contribution in [0.2, 0.25) is 0 Å². The maximum Gasteiger partial charge on any atom is 0.524 e. The van der Waals surface area contributed by atoms with Crippen molar-refractivity contribution in [2.24, 2.45) is 0 Å². The smallest absolute Gasteiger partial charge is 0.504 e. The predicted molar refractivity (Wildman–Crippen MR) is 164 cm³/mol. The molecule has 12 nitrogen and oxygen atoms in total. The van der Waals surface area contributed by atoms with Gasteiger partial charge in [-0.25, -0.2) is 14.5 Å². The van der Waals surface area contributed by atoms with Crippen LogP contribution >= 0.6 is 7.82 Å². The van der Waals surface area contributed by atoms with Gasteiger partial charge < -0.3 is 30.0 Å². The van der Waals surface area contributed by atoms with Crippen molar-refractivity contribution in [3.05, 3.63) is 53.3 Å². The number of anilines is 1. The summed E-state index contributed by atoms with van der Waals surface area (Å²) in [6.07, 6.45) is 9.73. The number of aromatic nitrogens is 3. The first kappa shape index (κ1) is 31.8. The molecule has 0 saturated heterocycles. The van der Waals surface area contributed by atoms with Gasteiger partial charge in [0, 0.05) is 37.1 Å². The van der Waals surface area contributed by atoms with Gasteiger partial charge in [0.2, 0.25) is 0 Å². The molecule has 0 saturated carbocycles. The maximum atomic E-state index is 11.4. The summed E-state index contributed by atoms with van der Waals surface area (Å²) in [6, 6.07) is 10.5. The molecule has 2 aromatic heterocycles. The van der Waals surface area contributed by atoms with Crippen LogP contribution in [0.4, 0.5) is 5.82 Å². The Morgan fingerprint density at radius 1 is 1.14 bits per heavy atom. The number of carbonyl (C=O) groups excluding carboxylic acids is 1. The SMILES string of the molecule is C#CC(=O)NCCCOCCCc1ccc2nc(N)c3nc(CCCC)n(Cc4cccc(OP(=O)(O)O)c4O)c3c2c1. The number of phosphoric acid groups is 1. The topological polar surface area (TPSA) is 182 Å². The minimum absolute atomic E-state index is 0.165. The number of hydrogen-bond acceptors (Lipinski definition) is 8. The molecule has 1 amide bonds. The minimum Gasteiger partial charge on any atom is -0.504 e. The van der Waals surface area contributed by atoms with Crippen LogP contribution in [-0.2, 0) is 33.5 Å². The van der Waals surface area contributed by atoms with E-state index in [2.05, 4.69) is 23.3 Å². The monoisotopic (exact) mass is 609 g/mol. The van der Waals surface area contributed by atoms with E-state index in [-0.39, 0.29) is 18.0 Å². The lowest BCUT2D eigenvalue weighted by atomic mass is 10.1. The Hall–Kier alpha value is -4.14. The number of rotatable bonds is 15. The number of imidazole rings is 1. The van der Waals surface area contributed by atoms with Crippen molar-refractivity contribution in [1.82, 2.24) is 19.9 Å². The van der Waals surface area contributed by atoms with E-state index in [1.807, 2.05) is 22.6 Å². The van der Waals surface area contributed by atoms with Crippen LogP contribution in [0.15, 0.2) is 36.4 Å². The first-order valence-corrected chi connectivity index (χ1v) is 15.6. The number of phenols is 1. The van der Waals surface area contributed by atoms with Gasteiger partial charge in [-0.1, -0.05) is 31.5 Å². The second-order valence-corrected chi connectivity index (χ2v) is 11.2. The Morgan fingerprint density at radius 2 is 1.93 bits per heavy atom. The molecule has 0 unspecified atom stereocenters. The molecule has 43 heavy (non-hydrogen) atoms. The molecule has 6 N–H and O–H groups in total. The lowest BCUT2D eigenvalue weighted by Crippen LogP contribution is -2.23. The number of aryl methyl sites for hydroxylation is 2. The van der Waals surface area contributed by atoms with E-state index in [9.17, 15) is 24.3 Å². The molecular formula is C30H36N5O7P. The van der Waals surface area contributed by atoms with Gasteiger partial charge in [0.15, 0.2) is 17.3 Å². The van der Waals surface area contributed by atoms with Crippen LogP contribution in [0.3, 0.4) is 0 Å². The number of aromatic hydroxyl groups is 1. The number of benzene rings is 2. The molecule has 4 rings (SSSR count). The van der Waals surface area contributed by atoms with E-state index in [0.717, 1.165) is 48.0 Å². The van der Waals surface area contributed by atoms with E-state index >= 15 is 0 Å². The number of fused-ring (bicyclic) bond motifs is 3. The van der Waals surface area contributed by atoms with Gasteiger partial charge in [0.1, 0.15) is 11.3 Å². The zero-order chi connectivity index (χ0) is 31.0. The third kappa shape index (κ3) is 8.24. The summed E-state index contributed by atoms with van der Waals surface area (Å²) in [5.74, 6) is 1.96. The molecule has 228 valence electrons. The number of phosphoric ester groups is 1. The first-order chi connectivity index (χ1) is 20.6. The van der Waals surface area contributed by atoms with Crippen molar-refractivity contribution < 1.29 is 33.5 Å². The highest BCUT2D eigenvalue weighted by Crippen LogP contribution is 2.43. The average molecular weight is 610 g/mol. The highest BCUT2D eigenvalue weighted by molar-refractivity contribution is 7.46. The van der Waals surface area contributed by atoms with Gasteiger partial charge >= 0.3 is 7.82 Å². The minimum atomic E-state index is -4.87. The quantitative estimate of drug-likeness (QED) is 0.0755. The van der Waals surface area contributed by atoms with E-state index < -0.39 is 13.7 Å². The Bertz CT molecular complexity index is 1690. The number of para-hydroxylation sites is 1. The maximum absolute atomic E-state index is 11.4.